The maximum absolute atomic E-state index is 11.9. The van der Waals surface area contributed by atoms with E-state index in [-0.39, 0.29) is 0 Å². The molecule has 6 heteroatoms. The molecule has 0 aliphatic heterocycles. The van der Waals surface area contributed by atoms with Crippen LogP contribution >= 0.6 is 0 Å². The van der Waals surface area contributed by atoms with E-state index in [2.05, 4.69) is 15.6 Å². The summed E-state index contributed by atoms with van der Waals surface area (Å²) in [7, 11) is 1.44. The highest BCUT2D eigenvalue weighted by atomic mass is 16.4. The summed E-state index contributed by atoms with van der Waals surface area (Å²) in [5.41, 5.74) is 1.56. The summed E-state index contributed by atoms with van der Waals surface area (Å²) in [5, 5.41) is 14.3. The van der Waals surface area contributed by atoms with Crippen LogP contribution in [0, 0.1) is 6.92 Å². The van der Waals surface area contributed by atoms with Gasteiger partial charge in [0.15, 0.2) is 11.8 Å². The zero-order valence-corrected chi connectivity index (χ0v) is 10.6. The average Bonchev–Trinajstić information content (AvgIpc) is 2.29. The average molecular weight is 251 g/mol. The highest BCUT2D eigenvalue weighted by Gasteiger charge is 2.28. The molecule has 1 aromatic heterocycles. The number of likely N-dealkylation sites (N-methyl/N-ethyl adjacent to an activating group) is 1. The largest absolute Gasteiger partial charge is 0.480 e. The van der Waals surface area contributed by atoms with E-state index in [1.165, 1.54) is 7.05 Å². The number of carbonyl (C=O) groups excluding carboxylic acids is 1. The van der Waals surface area contributed by atoms with Crippen LogP contribution in [0.3, 0.4) is 0 Å². The molecule has 0 radical (unpaired) electrons. The van der Waals surface area contributed by atoms with E-state index >= 15 is 0 Å². The number of pyridine rings is 1. The number of hydrogen-bond acceptors (Lipinski definition) is 5. The first-order chi connectivity index (χ1) is 8.45. The number of carbonyl (C=O) groups is 2. The number of hydrogen-bond donors (Lipinski definition) is 3. The van der Waals surface area contributed by atoms with Gasteiger partial charge in [-0.25, -0.2) is 0 Å². The van der Waals surface area contributed by atoms with Crippen LogP contribution in [-0.2, 0) is 9.59 Å². The maximum atomic E-state index is 11.9. The fourth-order valence-electron chi connectivity index (χ4n) is 1.59. The number of rotatable bonds is 6. The molecule has 0 aliphatic carbocycles. The molecule has 0 saturated carbocycles. The molecule has 0 aliphatic rings. The van der Waals surface area contributed by atoms with E-state index in [9.17, 15) is 9.59 Å². The van der Waals surface area contributed by atoms with Crippen molar-refractivity contribution in [3.05, 3.63) is 24.0 Å². The molecule has 3 N–H and O–H groups in total. The standard InChI is InChI=1S/C12H17N3O3/c1-7-6-9(4-5-14-7)15-8(2)11(16)10(13-3)12(17)18/h4-6,8,10,13H,1-3H3,(H,14,15)(H,17,18). The molecule has 18 heavy (non-hydrogen) atoms. The van der Waals surface area contributed by atoms with Crippen LogP contribution in [-0.4, -0.2) is 41.0 Å². The maximum Gasteiger partial charge on any atom is 0.328 e. The Kier molecular flexibility index (Phi) is 4.79. The van der Waals surface area contributed by atoms with Crippen molar-refractivity contribution in [3.63, 3.8) is 0 Å². The van der Waals surface area contributed by atoms with Crippen LogP contribution in [0.4, 0.5) is 5.69 Å². The molecular formula is C12H17N3O3. The number of ketones is 1. The van der Waals surface area contributed by atoms with Gasteiger partial charge in [-0.2, -0.15) is 0 Å². The van der Waals surface area contributed by atoms with Crippen LogP contribution < -0.4 is 10.6 Å². The third-order valence-electron chi connectivity index (χ3n) is 2.53. The van der Waals surface area contributed by atoms with Crippen molar-refractivity contribution in [2.45, 2.75) is 25.9 Å². The Morgan fingerprint density at radius 1 is 1.44 bits per heavy atom. The van der Waals surface area contributed by atoms with Crippen molar-refractivity contribution in [2.75, 3.05) is 12.4 Å². The zero-order chi connectivity index (χ0) is 13.7. The summed E-state index contributed by atoms with van der Waals surface area (Å²) < 4.78 is 0. The molecule has 0 spiro atoms. The number of carboxylic acid groups (broad SMARTS) is 1. The van der Waals surface area contributed by atoms with E-state index in [1.807, 2.05) is 6.92 Å². The van der Waals surface area contributed by atoms with E-state index in [0.29, 0.717) is 0 Å². The van der Waals surface area contributed by atoms with Crippen molar-refractivity contribution in [1.29, 1.82) is 0 Å². The number of Topliss-reactive ketones (excluding diaryl/α,β-unsaturated/α-hetero) is 1. The second-order valence-electron chi connectivity index (χ2n) is 4.01. The minimum Gasteiger partial charge on any atom is -0.480 e. The van der Waals surface area contributed by atoms with Crippen LogP contribution in [0.1, 0.15) is 12.6 Å². The molecule has 6 nitrogen and oxygen atoms in total. The Balaban J connectivity index is 2.73. The van der Waals surface area contributed by atoms with Gasteiger partial charge in [-0.1, -0.05) is 0 Å². The number of aryl methyl sites for hydroxylation is 1. The van der Waals surface area contributed by atoms with Gasteiger partial charge in [-0.15, -0.1) is 0 Å². The first kappa shape index (κ1) is 14.1. The molecular weight excluding hydrogens is 234 g/mol. The molecule has 98 valence electrons. The minimum atomic E-state index is -1.20. The van der Waals surface area contributed by atoms with Crippen LogP contribution in [0.2, 0.25) is 0 Å². The zero-order valence-electron chi connectivity index (χ0n) is 10.6. The van der Waals surface area contributed by atoms with Crippen molar-refractivity contribution in [3.8, 4) is 0 Å². The lowest BCUT2D eigenvalue weighted by Gasteiger charge is -2.18. The molecule has 0 bridgehead atoms. The first-order valence-electron chi connectivity index (χ1n) is 5.58. The van der Waals surface area contributed by atoms with Crippen molar-refractivity contribution >= 4 is 17.4 Å². The summed E-state index contributed by atoms with van der Waals surface area (Å²) >= 11 is 0. The third kappa shape index (κ3) is 3.53. The number of aliphatic carboxylic acids is 1. The van der Waals surface area contributed by atoms with E-state index in [1.54, 1.807) is 25.3 Å². The molecule has 2 unspecified atom stereocenters. The van der Waals surface area contributed by atoms with E-state index in [4.69, 9.17) is 5.11 Å². The summed E-state index contributed by atoms with van der Waals surface area (Å²) in [6.45, 7) is 3.47. The molecule has 0 amide bonds. The number of nitrogens with zero attached hydrogens (tertiary/aromatic N) is 1. The molecule has 0 saturated heterocycles. The fourth-order valence-corrected chi connectivity index (χ4v) is 1.59. The lowest BCUT2D eigenvalue weighted by atomic mass is 10.1. The van der Waals surface area contributed by atoms with Crippen LogP contribution in [0.15, 0.2) is 18.3 Å². The van der Waals surface area contributed by atoms with Crippen molar-refractivity contribution in [1.82, 2.24) is 10.3 Å². The third-order valence-corrected chi connectivity index (χ3v) is 2.53. The second kappa shape index (κ2) is 6.11. The van der Waals surface area contributed by atoms with Crippen LogP contribution in [0.25, 0.3) is 0 Å². The van der Waals surface area contributed by atoms with Gasteiger partial charge in [0.1, 0.15) is 0 Å². The Morgan fingerprint density at radius 2 is 2.11 bits per heavy atom. The van der Waals surface area contributed by atoms with Gasteiger partial charge in [-0.3, -0.25) is 14.6 Å². The monoisotopic (exact) mass is 251 g/mol. The van der Waals surface area contributed by atoms with Crippen molar-refractivity contribution < 1.29 is 14.7 Å². The first-order valence-corrected chi connectivity index (χ1v) is 5.58. The van der Waals surface area contributed by atoms with Gasteiger partial charge in [0.25, 0.3) is 0 Å². The van der Waals surface area contributed by atoms with Gasteiger partial charge >= 0.3 is 5.97 Å². The minimum absolute atomic E-state index is 0.417. The Labute approximate surface area is 105 Å². The van der Waals surface area contributed by atoms with E-state index < -0.39 is 23.8 Å². The van der Waals surface area contributed by atoms with Crippen LogP contribution in [0.5, 0.6) is 0 Å². The van der Waals surface area contributed by atoms with Gasteiger partial charge in [0, 0.05) is 17.6 Å². The smallest absolute Gasteiger partial charge is 0.328 e. The number of aromatic nitrogens is 1. The van der Waals surface area contributed by atoms with Gasteiger partial charge in [0.05, 0.1) is 6.04 Å². The number of nitrogens with one attached hydrogen (secondary N) is 2. The fraction of sp³-hybridized carbons (Fsp3) is 0.417. The Bertz CT molecular complexity index is 448. The summed E-state index contributed by atoms with van der Waals surface area (Å²) in [6.07, 6.45) is 1.63. The summed E-state index contributed by atoms with van der Waals surface area (Å²) in [5.74, 6) is -1.60. The lowest BCUT2D eigenvalue weighted by molar-refractivity contribution is -0.143. The molecule has 1 heterocycles. The van der Waals surface area contributed by atoms with Gasteiger partial charge in [0.2, 0.25) is 0 Å². The van der Waals surface area contributed by atoms with Gasteiger partial charge < -0.3 is 15.7 Å². The number of carboxylic acids is 1. The van der Waals surface area contributed by atoms with Gasteiger partial charge in [-0.05, 0) is 33.0 Å². The highest BCUT2D eigenvalue weighted by Crippen LogP contribution is 2.09. The molecule has 1 aromatic rings. The summed E-state index contributed by atoms with van der Waals surface area (Å²) in [6, 6.07) is 1.72. The Morgan fingerprint density at radius 3 is 2.61 bits per heavy atom. The SMILES string of the molecule is CNC(C(=O)O)C(=O)C(C)Nc1ccnc(C)c1. The summed E-state index contributed by atoms with van der Waals surface area (Å²) in [4.78, 5) is 26.8. The lowest BCUT2D eigenvalue weighted by Crippen LogP contribution is -2.47. The predicted molar refractivity (Wildman–Crippen MR) is 67.5 cm³/mol. The molecule has 0 aromatic carbocycles. The Hall–Kier alpha value is -1.95. The topological polar surface area (TPSA) is 91.3 Å². The number of anilines is 1. The quantitative estimate of drug-likeness (QED) is 0.635. The molecule has 1 rings (SSSR count). The molecule has 0 fully saturated rings. The van der Waals surface area contributed by atoms with Crippen molar-refractivity contribution in [2.24, 2.45) is 0 Å². The normalized spacial score (nSPS) is 13.7. The highest BCUT2D eigenvalue weighted by molar-refractivity contribution is 6.05. The molecule has 2 atom stereocenters. The second-order valence-corrected chi connectivity index (χ2v) is 4.01. The van der Waals surface area contributed by atoms with E-state index in [0.717, 1.165) is 11.4 Å². The predicted octanol–water partition coefficient (Wildman–Crippen LogP) is 0.432.